The van der Waals surface area contributed by atoms with Crippen LogP contribution in [-0.4, -0.2) is 24.4 Å². The normalized spacial score (nSPS) is 34.7. The third-order valence-electron chi connectivity index (χ3n) is 5.29. The molecule has 1 aliphatic heterocycles. The summed E-state index contributed by atoms with van der Waals surface area (Å²) in [6.45, 7) is 6.74. The van der Waals surface area contributed by atoms with E-state index in [1.165, 1.54) is 5.57 Å². The lowest BCUT2D eigenvalue weighted by atomic mass is 9.68. The van der Waals surface area contributed by atoms with Gasteiger partial charge in [-0.25, -0.2) is 0 Å². The van der Waals surface area contributed by atoms with Gasteiger partial charge in [-0.2, -0.15) is 0 Å². The van der Waals surface area contributed by atoms with E-state index in [0.717, 1.165) is 18.4 Å². The zero-order chi connectivity index (χ0) is 16.2. The zero-order valence-electron chi connectivity index (χ0n) is 13.7. The molecule has 3 rings (SSSR count). The molecule has 1 heterocycles. The molecular formula is C20H26O3. The van der Waals surface area contributed by atoms with Crippen LogP contribution in [0.3, 0.4) is 0 Å². The van der Waals surface area contributed by atoms with E-state index in [9.17, 15) is 5.11 Å². The highest BCUT2D eigenvalue weighted by Gasteiger charge is 2.44. The maximum Gasteiger partial charge on any atom is 0.184 e. The first-order chi connectivity index (χ1) is 11.2. The molecule has 0 spiro atoms. The summed E-state index contributed by atoms with van der Waals surface area (Å²) in [5, 5.41) is 9.94. The summed E-state index contributed by atoms with van der Waals surface area (Å²) in [4.78, 5) is 0. The van der Waals surface area contributed by atoms with Gasteiger partial charge in [-0.15, -0.1) is 0 Å². The van der Waals surface area contributed by atoms with E-state index in [4.69, 9.17) is 9.47 Å². The second-order valence-electron chi connectivity index (χ2n) is 6.59. The summed E-state index contributed by atoms with van der Waals surface area (Å²) in [5.41, 5.74) is 2.36. The molecule has 3 heteroatoms. The molecule has 1 saturated carbocycles. The summed E-state index contributed by atoms with van der Waals surface area (Å²) in [6.07, 6.45) is 5.84. The van der Waals surface area contributed by atoms with Crippen LogP contribution in [0.2, 0.25) is 0 Å². The lowest BCUT2D eigenvalue weighted by molar-refractivity contribution is -0.263. The molecule has 0 radical (unpaired) electrons. The molecule has 2 aliphatic rings. The summed E-state index contributed by atoms with van der Waals surface area (Å²) in [6, 6.07) is 10.1. The van der Waals surface area contributed by atoms with E-state index in [-0.39, 0.29) is 30.8 Å². The molecule has 23 heavy (non-hydrogen) atoms. The molecule has 5 atom stereocenters. The zero-order valence-corrected chi connectivity index (χ0v) is 13.7. The molecule has 1 saturated heterocycles. The Hall–Kier alpha value is -1.42. The highest BCUT2D eigenvalue weighted by atomic mass is 16.7. The van der Waals surface area contributed by atoms with Crippen LogP contribution in [0.25, 0.3) is 0 Å². The number of rotatable bonds is 4. The number of benzene rings is 1. The van der Waals surface area contributed by atoms with Crippen LogP contribution < -0.4 is 0 Å². The monoisotopic (exact) mass is 314 g/mol. The Labute approximate surface area is 138 Å². The summed E-state index contributed by atoms with van der Waals surface area (Å²) in [5.74, 6) is 0.841. The average molecular weight is 314 g/mol. The average Bonchev–Trinajstić information content (AvgIpc) is 2.61. The minimum Gasteiger partial charge on any atom is -0.396 e. The van der Waals surface area contributed by atoms with Crippen molar-refractivity contribution >= 4 is 0 Å². The quantitative estimate of drug-likeness (QED) is 0.858. The van der Waals surface area contributed by atoms with Crippen LogP contribution in [-0.2, 0) is 9.47 Å². The molecule has 3 nitrogen and oxygen atoms in total. The van der Waals surface area contributed by atoms with Gasteiger partial charge in [0, 0.05) is 18.1 Å². The molecule has 0 unspecified atom stereocenters. The van der Waals surface area contributed by atoms with Crippen molar-refractivity contribution in [3.05, 3.63) is 60.2 Å². The Kier molecular flexibility index (Phi) is 5.31. The Morgan fingerprint density at radius 3 is 2.78 bits per heavy atom. The maximum absolute atomic E-state index is 9.94. The molecule has 2 fully saturated rings. The smallest absolute Gasteiger partial charge is 0.184 e. The van der Waals surface area contributed by atoms with Gasteiger partial charge in [0.2, 0.25) is 0 Å². The molecule has 124 valence electrons. The minimum atomic E-state index is -0.279. The summed E-state index contributed by atoms with van der Waals surface area (Å²) < 4.78 is 12.2. The van der Waals surface area contributed by atoms with Crippen molar-refractivity contribution in [3.63, 3.8) is 0 Å². The Morgan fingerprint density at radius 2 is 2.09 bits per heavy atom. The third-order valence-corrected chi connectivity index (χ3v) is 5.29. The van der Waals surface area contributed by atoms with Crippen molar-refractivity contribution in [2.45, 2.75) is 32.2 Å². The van der Waals surface area contributed by atoms with Crippen molar-refractivity contribution in [2.75, 3.05) is 13.2 Å². The first-order valence-corrected chi connectivity index (χ1v) is 8.46. The molecule has 0 bridgehead atoms. The van der Waals surface area contributed by atoms with E-state index in [1.54, 1.807) is 0 Å². The van der Waals surface area contributed by atoms with Gasteiger partial charge in [-0.1, -0.05) is 54.6 Å². The number of hydrogen-bond acceptors (Lipinski definition) is 3. The van der Waals surface area contributed by atoms with Crippen LogP contribution in [0.1, 0.15) is 31.6 Å². The largest absolute Gasteiger partial charge is 0.396 e. The molecule has 0 aromatic heterocycles. The molecule has 1 aromatic carbocycles. The molecule has 0 amide bonds. The Bertz CT molecular complexity index is 551. The lowest BCUT2D eigenvalue weighted by Crippen LogP contribution is -2.47. The van der Waals surface area contributed by atoms with Crippen molar-refractivity contribution in [3.8, 4) is 0 Å². The molecule has 1 aromatic rings. The molecule has 1 N–H and O–H groups in total. The van der Waals surface area contributed by atoms with Crippen LogP contribution >= 0.6 is 0 Å². The number of hydrogen-bond donors (Lipinski definition) is 1. The van der Waals surface area contributed by atoms with E-state index >= 15 is 0 Å². The summed E-state index contributed by atoms with van der Waals surface area (Å²) in [7, 11) is 0. The standard InChI is InChI=1S/C20H26O3/c1-3-7-14(2)16-10-11-19-18(17(16)12-21)13-22-20(23-19)15-8-5-4-6-9-15/h3-9,16-21H,1,10-13H2,2H3/b14-7+/t16-,17-,18+,19-,20+/m1/s1. The van der Waals surface area contributed by atoms with E-state index in [0.29, 0.717) is 12.5 Å². The maximum atomic E-state index is 9.94. The summed E-state index contributed by atoms with van der Waals surface area (Å²) >= 11 is 0. The predicted molar refractivity (Wildman–Crippen MR) is 90.8 cm³/mol. The topological polar surface area (TPSA) is 38.7 Å². The molecule has 1 aliphatic carbocycles. The van der Waals surface area contributed by atoms with Crippen molar-refractivity contribution < 1.29 is 14.6 Å². The van der Waals surface area contributed by atoms with Crippen LogP contribution in [0.15, 0.2) is 54.6 Å². The number of allylic oxidation sites excluding steroid dienone is 3. The van der Waals surface area contributed by atoms with Crippen molar-refractivity contribution in [1.82, 2.24) is 0 Å². The lowest BCUT2D eigenvalue weighted by Gasteiger charge is -2.47. The minimum absolute atomic E-state index is 0.166. The van der Waals surface area contributed by atoms with Gasteiger partial charge in [0.15, 0.2) is 6.29 Å². The highest BCUT2D eigenvalue weighted by Crippen LogP contribution is 2.44. The fourth-order valence-corrected chi connectivity index (χ4v) is 4.06. The van der Waals surface area contributed by atoms with Gasteiger partial charge in [-0.3, -0.25) is 0 Å². The number of aliphatic hydroxyl groups is 1. The second-order valence-corrected chi connectivity index (χ2v) is 6.59. The van der Waals surface area contributed by atoms with Crippen molar-refractivity contribution in [1.29, 1.82) is 0 Å². The van der Waals surface area contributed by atoms with E-state index in [1.807, 2.05) is 36.4 Å². The van der Waals surface area contributed by atoms with Crippen LogP contribution in [0.5, 0.6) is 0 Å². The molecular weight excluding hydrogens is 288 g/mol. The second kappa shape index (κ2) is 7.43. The van der Waals surface area contributed by atoms with Gasteiger partial charge in [0.1, 0.15) is 0 Å². The van der Waals surface area contributed by atoms with Gasteiger partial charge in [0.25, 0.3) is 0 Å². The Balaban J connectivity index is 1.73. The van der Waals surface area contributed by atoms with E-state index < -0.39 is 0 Å². The number of ether oxygens (including phenoxy) is 2. The van der Waals surface area contributed by atoms with Crippen LogP contribution in [0, 0.1) is 17.8 Å². The van der Waals surface area contributed by atoms with E-state index in [2.05, 4.69) is 19.6 Å². The fourth-order valence-electron chi connectivity index (χ4n) is 4.06. The van der Waals surface area contributed by atoms with Gasteiger partial charge >= 0.3 is 0 Å². The van der Waals surface area contributed by atoms with Crippen molar-refractivity contribution in [2.24, 2.45) is 17.8 Å². The van der Waals surface area contributed by atoms with Gasteiger partial charge in [-0.05, 0) is 31.6 Å². The van der Waals surface area contributed by atoms with Gasteiger partial charge < -0.3 is 14.6 Å². The fraction of sp³-hybridized carbons (Fsp3) is 0.500. The SMILES string of the molecule is C=C/C=C(\C)[C@H]1CC[C@H]2O[C@@H](c3ccccc3)OC[C@H]2[C@@H]1CO. The van der Waals surface area contributed by atoms with Crippen LogP contribution in [0.4, 0.5) is 0 Å². The number of aliphatic hydroxyl groups excluding tert-OH is 1. The first-order valence-electron chi connectivity index (χ1n) is 8.46. The predicted octanol–water partition coefficient (Wildman–Crippen LogP) is 3.87. The van der Waals surface area contributed by atoms with Gasteiger partial charge in [0.05, 0.1) is 12.7 Å². The third kappa shape index (κ3) is 3.42. The Morgan fingerprint density at radius 1 is 1.30 bits per heavy atom. The highest BCUT2D eigenvalue weighted by molar-refractivity contribution is 5.17. The number of fused-ring (bicyclic) bond motifs is 1. The first kappa shape index (κ1) is 16.4.